The molecule has 0 bridgehead atoms. The first-order valence-corrected chi connectivity index (χ1v) is 6.12. The lowest BCUT2D eigenvalue weighted by Gasteiger charge is -2.04. The van der Waals surface area contributed by atoms with Crippen molar-refractivity contribution in [3.05, 3.63) is 35.4 Å². The topological polar surface area (TPSA) is 34.1 Å². The van der Waals surface area contributed by atoms with Crippen molar-refractivity contribution in [3.63, 3.8) is 0 Å². The first kappa shape index (κ1) is 10.3. The van der Waals surface area contributed by atoms with E-state index in [2.05, 4.69) is 0 Å². The largest absolute Gasteiger partial charge is 0.229 e. The highest BCUT2D eigenvalue weighted by Crippen LogP contribution is 2.11. The van der Waals surface area contributed by atoms with Gasteiger partial charge in [-0.25, -0.2) is 8.42 Å². The first-order chi connectivity index (χ1) is 6.05. The van der Waals surface area contributed by atoms with Crippen LogP contribution in [0.15, 0.2) is 24.3 Å². The lowest BCUT2D eigenvalue weighted by Crippen LogP contribution is -2.07. The molecule has 1 rings (SSSR count). The van der Waals surface area contributed by atoms with Gasteiger partial charge >= 0.3 is 0 Å². The van der Waals surface area contributed by atoms with Crippen molar-refractivity contribution < 1.29 is 8.42 Å². The number of benzene rings is 1. The molecule has 13 heavy (non-hydrogen) atoms. The Kier molecular flexibility index (Phi) is 3.09. The van der Waals surface area contributed by atoms with Crippen molar-refractivity contribution in [2.24, 2.45) is 0 Å². The Hall–Kier alpha value is -0.830. The van der Waals surface area contributed by atoms with Crippen LogP contribution in [0.25, 0.3) is 0 Å². The van der Waals surface area contributed by atoms with Crippen LogP contribution in [0.2, 0.25) is 0 Å². The molecular formula is C10H14O2S. The fraction of sp³-hybridized carbons (Fsp3) is 0.400. The van der Waals surface area contributed by atoms with Gasteiger partial charge in [-0.1, -0.05) is 31.2 Å². The fourth-order valence-electron chi connectivity index (χ4n) is 1.11. The molecule has 0 saturated carbocycles. The molecule has 0 aliphatic heterocycles. The Morgan fingerprint density at radius 3 is 2.38 bits per heavy atom. The summed E-state index contributed by atoms with van der Waals surface area (Å²) in [5, 5.41) is 0. The molecule has 0 N–H and O–H groups in total. The maximum Gasteiger partial charge on any atom is 0.154 e. The highest BCUT2D eigenvalue weighted by Gasteiger charge is 2.09. The molecule has 0 amide bonds. The van der Waals surface area contributed by atoms with Crippen molar-refractivity contribution in [1.82, 2.24) is 0 Å². The molecule has 2 nitrogen and oxygen atoms in total. The zero-order valence-electron chi connectivity index (χ0n) is 7.95. The molecule has 0 radical (unpaired) electrons. The second-order valence-electron chi connectivity index (χ2n) is 3.10. The van der Waals surface area contributed by atoms with Gasteiger partial charge < -0.3 is 0 Å². The van der Waals surface area contributed by atoms with E-state index in [-0.39, 0.29) is 11.5 Å². The maximum absolute atomic E-state index is 11.3. The van der Waals surface area contributed by atoms with Gasteiger partial charge in [0.15, 0.2) is 9.84 Å². The Bertz CT molecular complexity index is 380. The van der Waals surface area contributed by atoms with Gasteiger partial charge in [-0.3, -0.25) is 0 Å². The summed E-state index contributed by atoms with van der Waals surface area (Å²) in [4.78, 5) is 0. The van der Waals surface area contributed by atoms with Crippen LogP contribution in [0.5, 0.6) is 0 Å². The Balaban J connectivity index is 2.93. The molecule has 0 saturated heterocycles. The minimum Gasteiger partial charge on any atom is -0.229 e. The number of rotatable bonds is 3. The minimum atomic E-state index is -2.90. The van der Waals surface area contributed by atoms with Crippen LogP contribution < -0.4 is 0 Å². The molecule has 3 heteroatoms. The predicted molar refractivity (Wildman–Crippen MR) is 54.3 cm³/mol. The van der Waals surface area contributed by atoms with Gasteiger partial charge in [0.2, 0.25) is 0 Å². The smallest absolute Gasteiger partial charge is 0.154 e. The molecular weight excluding hydrogens is 184 g/mol. The summed E-state index contributed by atoms with van der Waals surface area (Å²) in [7, 11) is -2.90. The van der Waals surface area contributed by atoms with E-state index in [1.807, 2.05) is 31.2 Å². The summed E-state index contributed by atoms with van der Waals surface area (Å²) < 4.78 is 22.6. The first-order valence-electron chi connectivity index (χ1n) is 4.30. The van der Waals surface area contributed by atoms with E-state index in [1.54, 1.807) is 6.92 Å². The van der Waals surface area contributed by atoms with Gasteiger partial charge in [-0.05, 0) is 18.1 Å². The van der Waals surface area contributed by atoms with Crippen LogP contribution in [0.4, 0.5) is 0 Å². The maximum atomic E-state index is 11.3. The van der Waals surface area contributed by atoms with Gasteiger partial charge in [0.25, 0.3) is 0 Å². The van der Waals surface area contributed by atoms with Crippen LogP contribution in [-0.2, 0) is 15.6 Å². The highest BCUT2D eigenvalue weighted by atomic mass is 32.2. The molecule has 0 unspecified atom stereocenters. The van der Waals surface area contributed by atoms with E-state index in [0.717, 1.165) is 11.1 Å². The second-order valence-corrected chi connectivity index (χ2v) is 5.46. The van der Waals surface area contributed by atoms with Crippen molar-refractivity contribution >= 4 is 9.84 Å². The third kappa shape index (κ3) is 2.84. The predicted octanol–water partition coefficient (Wildman–Crippen LogP) is 1.93. The molecule has 1 aromatic carbocycles. The zero-order valence-corrected chi connectivity index (χ0v) is 8.76. The third-order valence-electron chi connectivity index (χ3n) is 2.08. The van der Waals surface area contributed by atoms with Crippen LogP contribution in [0.1, 0.15) is 18.1 Å². The normalized spacial score (nSPS) is 11.5. The molecule has 72 valence electrons. The standard InChI is InChI=1S/C10H14O2S/c1-3-13(11,12)8-10-7-5-4-6-9(10)2/h4-7H,3,8H2,1-2H3. The second kappa shape index (κ2) is 3.92. The van der Waals surface area contributed by atoms with E-state index in [4.69, 9.17) is 0 Å². The average Bonchev–Trinajstić information content (AvgIpc) is 2.09. The van der Waals surface area contributed by atoms with Crippen LogP contribution in [-0.4, -0.2) is 14.2 Å². The summed E-state index contributed by atoms with van der Waals surface area (Å²) in [6.45, 7) is 3.61. The van der Waals surface area contributed by atoms with Gasteiger partial charge in [0, 0.05) is 5.75 Å². The highest BCUT2D eigenvalue weighted by molar-refractivity contribution is 7.90. The minimum absolute atomic E-state index is 0.163. The van der Waals surface area contributed by atoms with E-state index in [0.29, 0.717) is 0 Å². The van der Waals surface area contributed by atoms with Gasteiger partial charge in [0.05, 0.1) is 5.75 Å². The van der Waals surface area contributed by atoms with Crippen molar-refractivity contribution in [1.29, 1.82) is 0 Å². The number of aryl methyl sites for hydroxylation is 1. The van der Waals surface area contributed by atoms with Crippen LogP contribution >= 0.6 is 0 Å². The Morgan fingerprint density at radius 2 is 1.85 bits per heavy atom. The van der Waals surface area contributed by atoms with Crippen molar-refractivity contribution in [2.75, 3.05) is 5.75 Å². The Morgan fingerprint density at radius 1 is 1.23 bits per heavy atom. The SMILES string of the molecule is CCS(=O)(=O)Cc1ccccc1C. The van der Waals surface area contributed by atoms with E-state index < -0.39 is 9.84 Å². The number of hydrogen-bond acceptors (Lipinski definition) is 2. The number of sulfone groups is 1. The molecule has 1 aromatic rings. The van der Waals surface area contributed by atoms with Gasteiger partial charge in [-0.15, -0.1) is 0 Å². The summed E-state index contributed by atoms with van der Waals surface area (Å²) in [5.41, 5.74) is 1.95. The third-order valence-corrected chi connectivity index (χ3v) is 3.71. The zero-order chi connectivity index (χ0) is 9.90. The summed E-state index contributed by atoms with van der Waals surface area (Å²) in [6.07, 6.45) is 0. The molecule has 0 fully saturated rings. The quantitative estimate of drug-likeness (QED) is 0.743. The summed E-state index contributed by atoms with van der Waals surface area (Å²) >= 11 is 0. The van der Waals surface area contributed by atoms with Gasteiger partial charge in [-0.2, -0.15) is 0 Å². The number of hydrogen-bond donors (Lipinski definition) is 0. The Labute approximate surface area is 79.5 Å². The molecule has 0 atom stereocenters. The average molecular weight is 198 g/mol. The van der Waals surface area contributed by atoms with E-state index in [9.17, 15) is 8.42 Å². The van der Waals surface area contributed by atoms with Crippen LogP contribution in [0, 0.1) is 6.92 Å². The van der Waals surface area contributed by atoms with E-state index >= 15 is 0 Å². The van der Waals surface area contributed by atoms with Crippen molar-refractivity contribution in [3.8, 4) is 0 Å². The summed E-state index contributed by atoms with van der Waals surface area (Å²) in [6, 6.07) is 7.58. The molecule has 0 aliphatic carbocycles. The van der Waals surface area contributed by atoms with Gasteiger partial charge in [0.1, 0.15) is 0 Å². The fourth-order valence-corrected chi connectivity index (χ4v) is 2.11. The monoisotopic (exact) mass is 198 g/mol. The lowest BCUT2D eigenvalue weighted by atomic mass is 10.1. The van der Waals surface area contributed by atoms with Crippen molar-refractivity contribution in [2.45, 2.75) is 19.6 Å². The summed E-state index contributed by atoms with van der Waals surface area (Å²) in [5.74, 6) is 0.373. The molecule has 0 heterocycles. The molecule has 0 aliphatic rings. The van der Waals surface area contributed by atoms with E-state index in [1.165, 1.54) is 0 Å². The molecule has 0 aromatic heterocycles. The lowest BCUT2D eigenvalue weighted by molar-refractivity contribution is 0.596. The van der Waals surface area contributed by atoms with Crippen LogP contribution in [0.3, 0.4) is 0 Å². The molecule has 0 spiro atoms.